The monoisotopic (exact) mass is 413 g/mol. The van der Waals surface area contributed by atoms with Crippen LogP contribution in [-0.4, -0.2) is 32.3 Å². The lowest BCUT2D eigenvalue weighted by Gasteiger charge is -2.18. The first-order chi connectivity index (χ1) is 13.8. The molecular weight excluding hydrogens is 394 g/mol. The van der Waals surface area contributed by atoms with Crippen molar-refractivity contribution in [1.29, 1.82) is 0 Å². The van der Waals surface area contributed by atoms with Crippen LogP contribution in [0.4, 0.5) is 5.69 Å². The Labute approximate surface area is 167 Å². The molecule has 0 radical (unpaired) electrons. The Balaban J connectivity index is 1.91. The minimum absolute atomic E-state index is 0.0433. The van der Waals surface area contributed by atoms with Crippen LogP contribution in [0.2, 0.25) is 0 Å². The highest BCUT2D eigenvalue weighted by molar-refractivity contribution is 7.89. The zero-order valence-electron chi connectivity index (χ0n) is 15.5. The van der Waals surface area contributed by atoms with Gasteiger partial charge in [0.25, 0.3) is 5.69 Å². The summed E-state index contributed by atoms with van der Waals surface area (Å²) < 4.78 is 28.5. The molecule has 3 aromatic carbocycles. The van der Waals surface area contributed by atoms with Gasteiger partial charge >= 0.3 is 0 Å². The molecule has 1 amide bonds. The number of nitrogens with one attached hydrogen (secondary N) is 2. The Morgan fingerprint density at radius 1 is 1.03 bits per heavy atom. The van der Waals surface area contributed by atoms with Crippen LogP contribution in [0, 0.1) is 10.1 Å². The fraction of sp³-hybridized carbons (Fsp3) is 0.150. The maximum absolute atomic E-state index is 13.0. The van der Waals surface area contributed by atoms with Gasteiger partial charge in [-0.1, -0.05) is 48.5 Å². The van der Waals surface area contributed by atoms with Gasteiger partial charge in [0.1, 0.15) is 6.04 Å². The molecular formula is C20H19N3O5S. The average Bonchev–Trinajstić information content (AvgIpc) is 2.72. The second-order valence-electron chi connectivity index (χ2n) is 6.39. The van der Waals surface area contributed by atoms with Crippen molar-refractivity contribution in [1.82, 2.24) is 10.0 Å². The number of non-ortho nitro benzene ring substituents is 1. The summed E-state index contributed by atoms with van der Waals surface area (Å²) in [5, 5.41) is 14.6. The molecule has 0 aliphatic heterocycles. The van der Waals surface area contributed by atoms with Gasteiger partial charge in [0.2, 0.25) is 15.9 Å². The van der Waals surface area contributed by atoms with E-state index in [4.69, 9.17) is 0 Å². The summed E-state index contributed by atoms with van der Waals surface area (Å²) in [7, 11) is -2.59. The number of carbonyl (C=O) groups is 1. The van der Waals surface area contributed by atoms with E-state index in [1.165, 1.54) is 37.4 Å². The molecule has 0 fully saturated rings. The third kappa shape index (κ3) is 4.58. The standard InChI is InChI=1S/C20H19N3O5S/c1-21-20(24)18(13-14-9-11-16(12-10-14)23(25)26)22-29(27,28)19-8-4-6-15-5-2-3-7-17(15)19/h2-12,18,22H,13H2,1H3,(H,21,24). The van der Waals surface area contributed by atoms with Crippen molar-refractivity contribution in [2.24, 2.45) is 0 Å². The van der Waals surface area contributed by atoms with Crippen molar-refractivity contribution < 1.29 is 18.1 Å². The largest absolute Gasteiger partial charge is 0.358 e. The van der Waals surface area contributed by atoms with Crippen LogP contribution in [0.15, 0.2) is 71.6 Å². The van der Waals surface area contributed by atoms with Crippen molar-refractivity contribution in [3.8, 4) is 0 Å². The Morgan fingerprint density at radius 2 is 1.69 bits per heavy atom. The van der Waals surface area contributed by atoms with Crippen LogP contribution in [0.5, 0.6) is 0 Å². The Kier molecular flexibility index (Phi) is 5.90. The van der Waals surface area contributed by atoms with Gasteiger partial charge in [-0.3, -0.25) is 14.9 Å². The molecule has 0 heterocycles. The van der Waals surface area contributed by atoms with Crippen molar-refractivity contribution in [2.45, 2.75) is 17.4 Å². The number of benzene rings is 3. The van der Waals surface area contributed by atoms with Crippen molar-refractivity contribution >= 4 is 32.4 Å². The Morgan fingerprint density at radius 3 is 2.34 bits per heavy atom. The van der Waals surface area contributed by atoms with Crippen LogP contribution in [0.25, 0.3) is 10.8 Å². The van der Waals surface area contributed by atoms with E-state index < -0.39 is 26.9 Å². The van der Waals surface area contributed by atoms with E-state index in [-0.39, 0.29) is 17.0 Å². The summed E-state index contributed by atoms with van der Waals surface area (Å²) in [6, 6.07) is 16.6. The summed E-state index contributed by atoms with van der Waals surface area (Å²) in [6.45, 7) is 0. The van der Waals surface area contributed by atoms with Crippen molar-refractivity contribution in [2.75, 3.05) is 7.05 Å². The number of hydrogen-bond donors (Lipinski definition) is 2. The second kappa shape index (κ2) is 8.38. The number of amides is 1. The highest BCUT2D eigenvalue weighted by atomic mass is 32.2. The summed E-state index contributed by atoms with van der Waals surface area (Å²) >= 11 is 0. The molecule has 0 saturated heterocycles. The number of fused-ring (bicyclic) bond motifs is 1. The molecule has 3 rings (SSSR count). The zero-order chi connectivity index (χ0) is 21.0. The summed E-state index contributed by atoms with van der Waals surface area (Å²) in [4.78, 5) is 22.7. The summed E-state index contributed by atoms with van der Waals surface area (Å²) in [5.41, 5.74) is 0.506. The Hall–Kier alpha value is -3.30. The van der Waals surface area contributed by atoms with Gasteiger partial charge in [0.15, 0.2) is 0 Å². The third-order valence-electron chi connectivity index (χ3n) is 4.49. The minimum atomic E-state index is -4.00. The Bertz CT molecular complexity index is 1150. The zero-order valence-corrected chi connectivity index (χ0v) is 16.3. The molecule has 9 heteroatoms. The fourth-order valence-corrected chi connectivity index (χ4v) is 4.46. The van der Waals surface area contributed by atoms with Crippen LogP contribution in [0.3, 0.4) is 0 Å². The number of likely N-dealkylation sites (N-methyl/N-ethyl adjacent to an activating group) is 1. The first kappa shape index (κ1) is 20.4. The van der Waals surface area contributed by atoms with E-state index in [2.05, 4.69) is 10.0 Å². The highest BCUT2D eigenvalue weighted by Crippen LogP contribution is 2.23. The number of nitrogens with zero attached hydrogens (tertiary/aromatic N) is 1. The topological polar surface area (TPSA) is 118 Å². The minimum Gasteiger partial charge on any atom is -0.358 e. The van der Waals surface area contributed by atoms with E-state index in [9.17, 15) is 23.3 Å². The molecule has 8 nitrogen and oxygen atoms in total. The van der Waals surface area contributed by atoms with E-state index in [1.807, 2.05) is 18.2 Å². The van der Waals surface area contributed by atoms with Gasteiger partial charge in [0.05, 0.1) is 9.82 Å². The predicted molar refractivity (Wildman–Crippen MR) is 109 cm³/mol. The lowest BCUT2D eigenvalue weighted by atomic mass is 10.1. The lowest BCUT2D eigenvalue weighted by Crippen LogP contribution is -2.46. The van der Waals surface area contributed by atoms with E-state index >= 15 is 0 Å². The normalized spacial score (nSPS) is 12.4. The van der Waals surface area contributed by atoms with Crippen molar-refractivity contribution in [3.05, 3.63) is 82.4 Å². The SMILES string of the molecule is CNC(=O)C(Cc1ccc([N+](=O)[O-])cc1)NS(=O)(=O)c1cccc2ccccc12. The molecule has 0 spiro atoms. The van der Waals surface area contributed by atoms with Crippen LogP contribution in [0.1, 0.15) is 5.56 Å². The average molecular weight is 413 g/mol. The molecule has 2 N–H and O–H groups in total. The van der Waals surface area contributed by atoms with E-state index in [0.717, 1.165) is 5.39 Å². The summed E-state index contributed by atoms with van der Waals surface area (Å²) in [5.74, 6) is -0.507. The number of nitro benzene ring substituents is 1. The first-order valence-corrected chi connectivity index (χ1v) is 10.2. The molecule has 0 saturated carbocycles. The number of nitro groups is 1. The van der Waals surface area contributed by atoms with Crippen LogP contribution >= 0.6 is 0 Å². The quantitative estimate of drug-likeness (QED) is 0.455. The van der Waals surface area contributed by atoms with E-state index in [1.54, 1.807) is 18.2 Å². The number of sulfonamides is 1. The molecule has 0 bridgehead atoms. The molecule has 1 atom stereocenters. The van der Waals surface area contributed by atoms with Crippen molar-refractivity contribution in [3.63, 3.8) is 0 Å². The number of rotatable bonds is 7. The molecule has 3 aromatic rings. The van der Waals surface area contributed by atoms with Gasteiger partial charge in [-0.15, -0.1) is 0 Å². The fourth-order valence-electron chi connectivity index (χ4n) is 3.03. The van der Waals surface area contributed by atoms with Crippen LogP contribution in [-0.2, 0) is 21.2 Å². The lowest BCUT2D eigenvalue weighted by molar-refractivity contribution is -0.384. The third-order valence-corrected chi connectivity index (χ3v) is 6.02. The highest BCUT2D eigenvalue weighted by Gasteiger charge is 2.26. The number of carbonyl (C=O) groups excluding carboxylic acids is 1. The maximum Gasteiger partial charge on any atom is 0.269 e. The molecule has 0 aliphatic rings. The van der Waals surface area contributed by atoms with Gasteiger partial charge < -0.3 is 5.32 Å². The second-order valence-corrected chi connectivity index (χ2v) is 8.08. The van der Waals surface area contributed by atoms with Gasteiger partial charge in [-0.25, -0.2) is 8.42 Å². The smallest absolute Gasteiger partial charge is 0.269 e. The van der Waals surface area contributed by atoms with Gasteiger partial charge in [-0.05, 0) is 23.4 Å². The summed E-state index contributed by atoms with van der Waals surface area (Å²) in [6.07, 6.45) is 0.0433. The van der Waals surface area contributed by atoms with Gasteiger partial charge in [-0.2, -0.15) is 4.72 Å². The predicted octanol–water partition coefficient (Wildman–Crippen LogP) is 2.38. The maximum atomic E-state index is 13.0. The molecule has 150 valence electrons. The molecule has 0 aromatic heterocycles. The molecule has 29 heavy (non-hydrogen) atoms. The molecule has 1 unspecified atom stereocenters. The van der Waals surface area contributed by atoms with E-state index in [0.29, 0.717) is 10.9 Å². The first-order valence-electron chi connectivity index (χ1n) is 8.77. The number of hydrogen-bond acceptors (Lipinski definition) is 5. The van der Waals surface area contributed by atoms with Gasteiger partial charge in [0, 0.05) is 24.6 Å². The van der Waals surface area contributed by atoms with Crippen LogP contribution < -0.4 is 10.0 Å². The molecule has 0 aliphatic carbocycles.